The summed E-state index contributed by atoms with van der Waals surface area (Å²) in [6.45, 7) is 6.05. The van der Waals surface area contributed by atoms with Crippen LogP contribution in [0.5, 0.6) is 0 Å². The second kappa shape index (κ2) is 6.55. The van der Waals surface area contributed by atoms with Crippen LogP contribution < -0.4 is 5.48 Å². The molecule has 0 saturated carbocycles. The summed E-state index contributed by atoms with van der Waals surface area (Å²) in [7, 11) is 0. The number of amides is 2. The molecule has 1 heterocycles. The van der Waals surface area contributed by atoms with Crippen molar-refractivity contribution in [2.45, 2.75) is 46.0 Å². The standard InChI is InChI=1S/C19H26N2O3/c1-13(2)6-9-21-10-8-19(18(21)23)7-5-14-3-4-15(17(22)20-24)11-16(14)12-19/h3-4,11,13,24H,5-10,12H2,1-2H3,(H,20,22)/t19-/m1/s1. The first kappa shape index (κ1) is 17.0. The number of hydroxylamine groups is 1. The van der Waals surface area contributed by atoms with E-state index >= 15 is 0 Å². The van der Waals surface area contributed by atoms with Crippen molar-refractivity contribution in [3.63, 3.8) is 0 Å². The topological polar surface area (TPSA) is 69.6 Å². The molecule has 1 aromatic rings. The van der Waals surface area contributed by atoms with Gasteiger partial charge in [0.05, 0.1) is 5.41 Å². The molecule has 0 bridgehead atoms. The molecule has 1 spiro atoms. The van der Waals surface area contributed by atoms with E-state index in [1.165, 1.54) is 5.56 Å². The third-order valence-electron chi connectivity index (χ3n) is 5.55. The number of carbonyl (C=O) groups is 2. The molecule has 2 amide bonds. The Labute approximate surface area is 143 Å². The van der Waals surface area contributed by atoms with Gasteiger partial charge in [-0.1, -0.05) is 19.9 Å². The Kier molecular flexibility index (Phi) is 4.63. The highest BCUT2D eigenvalue weighted by molar-refractivity contribution is 5.93. The van der Waals surface area contributed by atoms with Crippen LogP contribution in [0.2, 0.25) is 0 Å². The van der Waals surface area contributed by atoms with Crippen LogP contribution in [0.15, 0.2) is 18.2 Å². The molecular weight excluding hydrogens is 304 g/mol. The summed E-state index contributed by atoms with van der Waals surface area (Å²) in [4.78, 5) is 26.7. The van der Waals surface area contributed by atoms with E-state index in [4.69, 9.17) is 5.21 Å². The van der Waals surface area contributed by atoms with Gasteiger partial charge in [0.15, 0.2) is 0 Å². The fraction of sp³-hybridized carbons (Fsp3) is 0.579. The highest BCUT2D eigenvalue weighted by Crippen LogP contribution is 2.44. The van der Waals surface area contributed by atoms with Crippen LogP contribution in [-0.4, -0.2) is 35.0 Å². The summed E-state index contributed by atoms with van der Waals surface area (Å²) in [5.41, 5.74) is 4.11. The minimum absolute atomic E-state index is 0.283. The monoisotopic (exact) mass is 330 g/mol. The minimum Gasteiger partial charge on any atom is -0.342 e. The van der Waals surface area contributed by atoms with Crippen LogP contribution in [0.3, 0.4) is 0 Å². The molecule has 2 N–H and O–H groups in total. The van der Waals surface area contributed by atoms with E-state index in [-0.39, 0.29) is 11.3 Å². The van der Waals surface area contributed by atoms with E-state index in [9.17, 15) is 9.59 Å². The number of hydrogen-bond donors (Lipinski definition) is 2. The molecule has 1 saturated heterocycles. The first-order chi connectivity index (χ1) is 11.4. The van der Waals surface area contributed by atoms with E-state index in [1.807, 2.05) is 17.0 Å². The zero-order valence-electron chi connectivity index (χ0n) is 14.5. The van der Waals surface area contributed by atoms with Crippen LogP contribution >= 0.6 is 0 Å². The van der Waals surface area contributed by atoms with Gasteiger partial charge in [0.2, 0.25) is 5.91 Å². The Balaban J connectivity index is 1.78. The maximum Gasteiger partial charge on any atom is 0.274 e. The van der Waals surface area contributed by atoms with Crippen molar-refractivity contribution in [1.29, 1.82) is 0 Å². The van der Waals surface area contributed by atoms with Crippen molar-refractivity contribution in [1.82, 2.24) is 10.4 Å². The van der Waals surface area contributed by atoms with E-state index in [2.05, 4.69) is 13.8 Å². The zero-order valence-corrected chi connectivity index (χ0v) is 14.5. The van der Waals surface area contributed by atoms with E-state index in [0.717, 1.165) is 44.3 Å². The summed E-state index contributed by atoms with van der Waals surface area (Å²) < 4.78 is 0. The number of rotatable bonds is 4. The number of nitrogens with one attached hydrogen (secondary N) is 1. The first-order valence-electron chi connectivity index (χ1n) is 8.81. The highest BCUT2D eigenvalue weighted by atomic mass is 16.5. The van der Waals surface area contributed by atoms with Crippen LogP contribution in [-0.2, 0) is 17.6 Å². The fourth-order valence-corrected chi connectivity index (χ4v) is 3.98. The quantitative estimate of drug-likeness (QED) is 0.658. The van der Waals surface area contributed by atoms with E-state index in [0.29, 0.717) is 17.9 Å². The summed E-state index contributed by atoms with van der Waals surface area (Å²) >= 11 is 0. The van der Waals surface area contributed by atoms with Gasteiger partial charge in [-0.15, -0.1) is 0 Å². The Morgan fingerprint density at radius 1 is 1.33 bits per heavy atom. The van der Waals surface area contributed by atoms with Crippen LogP contribution in [0.4, 0.5) is 0 Å². The summed E-state index contributed by atoms with van der Waals surface area (Å²) in [5.74, 6) is 0.375. The normalized spacial score (nSPS) is 23.0. The molecule has 5 heteroatoms. The summed E-state index contributed by atoms with van der Waals surface area (Å²) in [5, 5.41) is 8.82. The number of fused-ring (bicyclic) bond motifs is 1. The van der Waals surface area contributed by atoms with Crippen LogP contribution in [0.1, 0.15) is 54.6 Å². The minimum atomic E-state index is -0.506. The Hall–Kier alpha value is -1.88. The number of benzene rings is 1. The third kappa shape index (κ3) is 3.05. The molecule has 3 rings (SSSR count). The predicted molar refractivity (Wildman–Crippen MR) is 90.8 cm³/mol. The highest BCUT2D eigenvalue weighted by Gasteiger charge is 2.47. The second-order valence-electron chi connectivity index (χ2n) is 7.61. The summed E-state index contributed by atoms with van der Waals surface area (Å²) in [6.07, 6.45) is 4.41. The van der Waals surface area contributed by atoms with Gasteiger partial charge in [0.25, 0.3) is 5.91 Å². The van der Waals surface area contributed by atoms with Crippen molar-refractivity contribution in [3.8, 4) is 0 Å². The van der Waals surface area contributed by atoms with Gasteiger partial charge in [-0.25, -0.2) is 5.48 Å². The lowest BCUT2D eigenvalue weighted by atomic mass is 9.70. The van der Waals surface area contributed by atoms with Crippen molar-refractivity contribution >= 4 is 11.8 Å². The average molecular weight is 330 g/mol. The SMILES string of the molecule is CC(C)CCN1CC[C@@]2(CCc3ccc(C(=O)NO)cc3C2)C1=O. The Morgan fingerprint density at radius 3 is 2.83 bits per heavy atom. The van der Waals surface area contributed by atoms with Gasteiger partial charge >= 0.3 is 0 Å². The molecule has 1 aliphatic carbocycles. The number of nitrogens with zero attached hydrogens (tertiary/aromatic N) is 1. The van der Waals surface area contributed by atoms with Gasteiger partial charge in [-0.2, -0.15) is 0 Å². The molecule has 1 atom stereocenters. The van der Waals surface area contributed by atoms with Gasteiger partial charge in [-0.3, -0.25) is 14.8 Å². The van der Waals surface area contributed by atoms with E-state index in [1.54, 1.807) is 11.5 Å². The molecular formula is C19H26N2O3. The van der Waals surface area contributed by atoms with Crippen molar-refractivity contribution in [3.05, 3.63) is 34.9 Å². The number of carbonyl (C=O) groups excluding carboxylic acids is 2. The second-order valence-corrected chi connectivity index (χ2v) is 7.61. The molecule has 0 radical (unpaired) electrons. The smallest absolute Gasteiger partial charge is 0.274 e. The molecule has 5 nitrogen and oxygen atoms in total. The molecule has 1 aromatic carbocycles. The lowest BCUT2D eigenvalue weighted by molar-refractivity contribution is -0.136. The maximum atomic E-state index is 13.0. The molecule has 2 aliphatic rings. The molecule has 0 unspecified atom stereocenters. The van der Waals surface area contributed by atoms with Gasteiger partial charge < -0.3 is 4.90 Å². The Bertz CT molecular complexity index is 656. The number of likely N-dealkylation sites (tertiary alicyclic amines) is 1. The van der Waals surface area contributed by atoms with Crippen molar-refractivity contribution in [2.24, 2.45) is 11.3 Å². The predicted octanol–water partition coefficient (Wildman–Crippen LogP) is 2.56. The van der Waals surface area contributed by atoms with E-state index < -0.39 is 5.91 Å². The molecule has 0 aromatic heterocycles. The maximum absolute atomic E-state index is 13.0. The fourth-order valence-electron chi connectivity index (χ4n) is 3.98. The molecule has 130 valence electrons. The van der Waals surface area contributed by atoms with Gasteiger partial charge in [0.1, 0.15) is 0 Å². The van der Waals surface area contributed by atoms with Gasteiger partial charge in [0, 0.05) is 18.7 Å². The van der Waals surface area contributed by atoms with Crippen LogP contribution in [0, 0.1) is 11.3 Å². The Morgan fingerprint density at radius 2 is 2.12 bits per heavy atom. The van der Waals surface area contributed by atoms with Gasteiger partial charge in [-0.05, 0) is 61.3 Å². The molecule has 24 heavy (non-hydrogen) atoms. The molecule has 1 fully saturated rings. The number of aryl methyl sites for hydroxylation is 1. The largest absolute Gasteiger partial charge is 0.342 e. The zero-order chi connectivity index (χ0) is 17.3. The third-order valence-corrected chi connectivity index (χ3v) is 5.55. The van der Waals surface area contributed by atoms with Crippen molar-refractivity contribution in [2.75, 3.05) is 13.1 Å². The summed E-state index contributed by atoms with van der Waals surface area (Å²) in [6, 6.07) is 5.50. The average Bonchev–Trinajstić information content (AvgIpc) is 2.87. The van der Waals surface area contributed by atoms with Crippen LogP contribution in [0.25, 0.3) is 0 Å². The van der Waals surface area contributed by atoms with Crippen molar-refractivity contribution < 1.29 is 14.8 Å². The molecule has 1 aliphatic heterocycles. The number of hydrogen-bond acceptors (Lipinski definition) is 3. The lowest BCUT2D eigenvalue weighted by Crippen LogP contribution is -2.39. The lowest BCUT2D eigenvalue weighted by Gasteiger charge is -2.33. The first-order valence-corrected chi connectivity index (χ1v) is 8.81.